The number of rotatable bonds is 4. The number of halogens is 1. The Morgan fingerprint density at radius 2 is 2.12 bits per heavy atom. The Balaban J connectivity index is 0.00000196. The average molecular weight is 370 g/mol. The second kappa shape index (κ2) is 7.32. The zero-order valence-electron chi connectivity index (χ0n) is 14.7. The molecule has 7 heteroatoms. The third kappa shape index (κ3) is 3.24. The third-order valence-corrected chi connectivity index (χ3v) is 4.61. The van der Waals surface area contributed by atoms with E-state index >= 15 is 0 Å². The number of nitriles is 1. The molecule has 1 N–H and O–H groups in total. The van der Waals surface area contributed by atoms with Crippen molar-refractivity contribution in [3.63, 3.8) is 0 Å². The van der Waals surface area contributed by atoms with Gasteiger partial charge in [-0.1, -0.05) is 0 Å². The highest BCUT2D eigenvalue weighted by Crippen LogP contribution is 2.30. The van der Waals surface area contributed by atoms with Crippen LogP contribution in [0.2, 0.25) is 0 Å². The number of nitrogens with zero attached hydrogens (tertiary/aromatic N) is 4. The first-order valence-corrected chi connectivity index (χ1v) is 8.33. The van der Waals surface area contributed by atoms with Crippen molar-refractivity contribution < 1.29 is 4.74 Å². The summed E-state index contributed by atoms with van der Waals surface area (Å²) in [7, 11) is 1.91. The summed E-state index contributed by atoms with van der Waals surface area (Å²) in [5.74, 6) is 1.68. The monoisotopic (exact) mass is 369 g/mol. The molecule has 4 rings (SSSR count). The second-order valence-electron chi connectivity index (χ2n) is 6.49. The number of fused-ring (bicyclic) bond motifs is 1. The highest BCUT2D eigenvalue weighted by atomic mass is 35.5. The molecule has 0 radical (unpaired) electrons. The Bertz CT molecular complexity index is 987. The first-order chi connectivity index (χ1) is 12.2. The van der Waals surface area contributed by atoms with Crippen LogP contribution in [0.25, 0.3) is 22.3 Å². The van der Waals surface area contributed by atoms with Crippen LogP contribution < -0.4 is 10.1 Å². The van der Waals surface area contributed by atoms with E-state index in [1.807, 2.05) is 42.9 Å². The molecule has 0 bridgehead atoms. The molecular weight excluding hydrogens is 350 g/mol. The molecule has 6 nitrogen and oxygen atoms in total. The topological polar surface area (TPSA) is 75.8 Å². The largest absolute Gasteiger partial charge is 0.493 e. The SMILES string of the molecule is Cc1cc(-c2nc(C#N)nc3c2ccn3C)ccc1OCC1CNC1.Cl. The number of hydrogen-bond acceptors (Lipinski definition) is 5. The van der Waals surface area contributed by atoms with Crippen molar-refractivity contribution in [2.45, 2.75) is 6.92 Å². The van der Waals surface area contributed by atoms with Crippen LogP contribution in [0.15, 0.2) is 30.5 Å². The molecule has 0 saturated carbocycles. The molecule has 134 valence electrons. The molecule has 0 amide bonds. The first kappa shape index (κ1) is 18.2. The number of ether oxygens (including phenoxy) is 1. The Hall–Kier alpha value is -2.62. The van der Waals surface area contributed by atoms with E-state index in [1.165, 1.54) is 0 Å². The molecule has 1 saturated heterocycles. The summed E-state index contributed by atoms with van der Waals surface area (Å²) in [6, 6.07) is 10.1. The minimum atomic E-state index is 0. The summed E-state index contributed by atoms with van der Waals surface area (Å²) in [6.45, 7) is 4.83. The maximum Gasteiger partial charge on any atom is 0.234 e. The van der Waals surface area contributed by atoms with E-state index in [1.54, 1.807) is 0 Å². The standard InChI is InChI=1S/C19H19N5O.ClH/c1-12-7-14(3-4-16(12)25-11-13-9-21-10-13)18-15-5-6-24(2)19(15)23-17(8-20)22-18;/h3-7,13,21H,9-11H2,1-2H3;1H. The normalized spacial score (nSPS) is 13.7. The Labute approximate surface area is 158 Å². The summed E-state index contributed by atoms with van der Waals surface area (Å²) in [5, 5.41) is 13.4. The van der Waals surface area contributed by atoms with Gasteiger partial charge in [-0.2, -0.15) is 5.26 Å². The lowest BCUT2D eigenvalue weighted by molar-refractivity contribution is 0.198. The smallest absolute Gasteiger partial charge is 0.234 e. The van der Waals surface area contributed by atoms with E-state index in [2.05, 4.69) is 27.4 Å². The molecule has 1 aromatic carbocycles. The van der Waals surface area contributed by atoms with Gasteiger partial charge >= 0.3 is 0 Å². The molecule has 0 aliphatic carbocycles. The van der Waals surface area contributed by atoms with Gasteiger partial charge in [0.1, 0.15) is 17.5 Å². The highest BCUT2D eigenvalue weighted by molar-refractivity contribution is 5.91. The van der Waals surface area contributed by atoms with E-state index in [4.69, 9.17) is 4.74 Å². The minimum Gasteiger partial charge on any atom is -0.493 e. The lowest BCUT2D eigenvalue weighted by atomic mass is 10.0. The van der Waals surface area contributed by atoms with Crippen molar-refractivity contribution >= 4 is 23.4 Å². The number of benzene rings is 1. The van der Waals surface area contributed by atoms with E-state index in [9.17, 15) is 5.26 Å². The van der Waals surface area contributed by atoms with Gasteiger partial charge in [-0.3, -0.25) is 0 Å². The van der Waals surface area contributed by atoms with E-state index in [-0.39, 0.29) is 18.2 Å². The third-order valence-electron chi connectivity index (χ3n) is 4.61. The molecule has 26 heavy (non-hydrogen) atoms. The van der Waals surface area contributed by atoms with Crippen LogP contribution >= 0.6 is 12.4 Å². The van der Waals surface area contributed by atoms with Gasteiger partial charge in [0, 0.05) is 43.2 Å². The van der Waals surface area contributed by atoms with Crippen molar-refractivity contribution in [3.8, 4) is 23.1 Å². The molecule has 1 fully saturated rings. The predicted octanol–water partition coefficient (Wildman–Crippen LogP) is 2.84. The highest BCUT2D eigenvalue weighted by Gasteiger charge is 2.18. The summed E-state index contributed by atoms with van der Waals surface area (Å²) in [6.07, 6.45) is 1.93. The molecule has 0 spiro atoms. The number of aromatic nitrogens is 3. The Kier molecular flexibility index (Phi) is 5.12. The lowest BCUT2D eigenvalue weighted by Crippen LogP contribution is -2.45. The van der Waals surface area contributed by atoms with E-state index < -0.39 is 0 Å². The Morgan fingerprint density at radius 1 is 1.31 bits per heavy atom. The van der Waals surface area contributed by atoms with Crippen LogP contribution in [0, 0.1) is 24.2 Å². The van der Waals surface area contributed by atoms with Gasteiger partial charge in [-0.05, 0) is 36.8 Å². The fourth-order valence-electron chi connectivity index (χ4n) is 3.04. The van der Waals surface area contributed by atoms with Crippen molar-refractivity contribution in [1.29, 1.82) is 5.26 Å². The van der Waals surface area contributed by atoms with Gasteiger partial charge < -0.3 is 14.6 Å². The average Bonchev–Trinajstić information content (AvgIpc) is 2.95. The molecule has 1 aliphatic heterocycles. The number of nitrogens with one attached hydrogen (secondary N) is 1. The van der Waals surface area contributed by atoms with E-state index in [0.717, 1.165) is 53.3 Å². The fraction of sp³-hybridized carbons (Fsp3) is 0.316. The summed E-state index contributed by atoms with van der Waals surface area (Å²) in [4.78, 5) is 8.74. The quantitative estimate of drug-likeness (QED) is 0.765. The number of aryl methyl sites for hydroxylation is 2. The molecule has 0 unspecified atom stereocenters. The first-order valence-electron chi connectivity index (χ1n) is 8.33. The van der Waals surface area contributed by atoms with Gasteiger partial charge in [-0.25, -0.2) is 9.97 Å². The molecule has 3 heterocycles. The lowest BCUT2D eigenvalue weighted by Gasteiger charge is -2.27. The predicted molar refractivity (Wildman–Crippen MR) is 102 cm³/mol. The van der Waals surface area contributed by atoms with Gasteiger partial charge in [0.15, 0.2) is 0 Å². The molecule has 2 aromatic heterocycles. The van der Waals surface area contributed by atoms with Gasteiger partial charge in [0.25, 0.3) is 0 Å². The van der Waals surface area contributed by atoms with Crippen molar-refractivity contribution in [1.82, 2.24) is 19.9 Å². The van der Waals surface area contributed by atoms with Crippen LogP contribution in [0.4, 0.5) is 0 Å². The van der Waals surface area contributed by atoms with Crippen molar-refractivity contribution in [2.75, 3.05) is 19.7 Å². The molecular formula is C19H20ClN5O. The van der Waals surface area contributed by atoms with Crippen molar-refractivity contribution in [3.05, 3.63) is 41.9 Å². The minimum absolute atomic E-state index is 0. The zero-order valence-corrected chi connectivity index (χ0v) is 15.5. The van der Waals surface area contributed by atoms with Crippen LogP contribution in [0.1, 0.15) is 11.4 Å². The van der Waals surface area contributed by atoms with Crippen LogP contribution in [-0.2, 0) is 7.05 Å². The van der Waals surface area contributed by atoms with Crippen LogP contribution in [0.5, 0.6) is 5.75 Å². The summed E-state index contributed by atoms with van der Waals surface area (Å²) >= 11 is 0. The maximum absolute atomic E-state index is 9.24. The molecule has 3 aromatic rings. The molecule has 1 aliphatic rings. The van der Waals surface area contributed by atoms with Crippen LogP contribution in [0.3, 0.4) is 0 Å². The molecule has 0 atom stereocenters. The summed E-state index contributed by atoms with van der Waals surface area (Å²) < 4.78 is 7.84. The Morgan fingerprint density at radius 3 is 2.77 bits per heavy atom. The summed E-state index contributed by atoms with van der Waals surface area (Å²) in [5.41, 5.74) is 3.56. The van der Waals surface area contributed by atoms with E-state index in [0.29, 0.717) is 5.92 Å². The van der Waals surface area contributed by atoms with Crippen molar-refractivity contribution in [2.24, 2.45) is 13.0 Å². The van der Waals surface area contributed by atoms with Crippen LogP contribution in [-0.4, -0.2) is 34.2 Å². The maximum atomic E-state index is 9.24. The fourth-order valence-corrected chi connectivity index (χ4v) is 3.04. The number of hydrogen-bond donors (Lipinski definition) is 1. The van der Waals surface area contributed by atoms with Gasteiger partial charge in [0.05, 0.1) is 12.3 Å². The zero-order chi connectivity index (χ0) is 17.4. The second-order valence-corrected chi connectivity index (χ2v) is 6.49. The van der Waals surface area contributed by atoms with Gasteiger partial charge in [0.2, 0.25) is 5.82 Å². The van der Waals surface area contributed by atoms with Gasteiger partial charge in [-0.15, -0.1) is 12.4 Å².